The number of carbonyl (C=O) groups excluding carboxylic acids is 2. The first kappa shape index (κ1) is 30.7. The molecule has 0 spiro atoms. The topological polar surface area (TPSA) is 55.9 Å². The van der Waals surface area contributed by atoms with Gasteiger partial charge in [0, 0.05) is 57.7 Å². The van der Waals surface area contributed by atoms with Crippen LogP contribution in [0, 0.1) is 11.7 Å². The summed E-state index contributed by atoms with van der Waals surface area (Å²) in [5.41, 5.74) is 1.53. The molecule has 2 saturated heterocycles. The minimum absolute atomic E-state index is 0.0837. The van der Waals surface area contributed by atoms with Crippen LogP contribution < -0.4 is 15.1 Å². The maximum Gasteiger partial charge on any atom is 0.416 e. The van der Waals surface area contributed by atoms with Crippen LogP contribution in [0.3, 0.4) is 0 Å². The summed E-state index contributed by atoms with van der Waals surface area (Å²) in [5, 5.41) is 3.09. The van der Waals surface area contributed by atoms with E-state index in [0.29, 0.717) is 43.7 Å². The molecule has 1 unspecified atom stereocenters. The highest BCUT2D eigenvalue weighted by molar-refractivity contribution is 6.01. The standard InChI is InChI=1S/C25H30F4N4O.C2H4.CH2O/c1-3-17-8-9-33(16-17)22-7-5-19(30-2)15-20(22)24(34)32-12-10-31(11-13-32)23-6-4-18(14-21(23)26)25(27,28)29;2*1-2/h4-7,14-15,17,30H,3,8-13,16H2,1-2H3;1-2H2;1H2. The smallest absolute Gasteiger partial charge is 0.388 e. The summed E-state index contributed by atoms with van der Waals surface area (Å²) in [6, 6.07) is 8.43. The van der Waals surface area contributed by atoms with Gasteiger partial charge in [-0.15, -0.1) is 13.2 Å². The number of hydrogen-bond acceptors (Lipinski definition) is 5. The summed E-state index contributed by atoms with van der Waals surface area (Å²) in [6.45, 7) is 13.4. The Labute approximate surface area is 221 Å². The van der Waals surface area contributed by atoms with Crippen LogP contribution in [0.2, 0.25) is 0 Å². The fraction of sp³-hybridized carbons (Fsp3) is 0.429. The van der Waals surface area contributed by atoms with Crippen molar-refractivity contribution < 1.29 is 27.2 Å². The summed E-state index contributed by atoms with van der Waals surface area (Å²) in [7, 11) is 1.81. The van der Waals surface area contributed by atoms with E-state index in [2.05, 4.69) is 30.3 Å². The molecule has 0 saturated carbocycles. The lowest BCUT2D eigenvalue weighted by Crippen LogP contribution is -2.49. The van der Waals surface area contributed by atoms with Crippen LogP contribution in [-0.2, 0) is 11.0 Å². The quantitative estimate of drug-likeness (QED) is 0.392. The van der Waals surface area contributed by atoms with Gasteiger partial charge in [0.2, 0.25) is 0 Å². The maximum absolute atomic E-state index is 14.4. The molecule has 0 bridgehead atoms. The number of alkyl halides is 3. The number of carbonyl (C=O) groups is 2. The van der Waals surface area contributed by atoms with Crippen molar-refractivity contribution in [2.24, 2.45) is 5.92 Å². The van der Waals surface area contributed by atoms with E-state index in [9.17, 15) is 22.4 Å². The van der Waals surface area contributed by atoms with Crippen LogP contribution in [0.15, 0.2) is 49.6 Å². The van der Waals surface area contributed by atoms with E-state index in [-0.39, 0.29) is 11.6 Å². The molecule has 0 radical (unpaired) electrons. The van der Waals surface area contributed by atoms with Crippen molar-refractivity contribution in [3.8, 4) is 0 Å². The predicted molar refractivity (Wildman–Crippen MR) is 144 cm³/mol. The van der Waals surface area contributed by atoms with Gasteiger partial charge in [-0.05, 0) is 48.7 Å². The van der Waals surface area contributed by atoms with Crippen molar-refractivity contribution in [2.75, 3.05) is 61.4 Å². The van der Waals surface area contributed by atoms with Crippen LogP contribution in [0.1, 0.15) is 35.7 Å². The van der Waals surface area contributed by atoms with Gasteiger partial charge >= 0.3 is 6.18 Å². The van der Waals surface area contributed by atoms with Crippen LogP contribution in [0.25, 0.3) is 0 Å². The van der Waals surface area contributed by atoms with Crippen molar-refractivity contribution in [1.29, 1.82) is 0 Å². The van der Waals surface area contributed by atoms with Crippen LogP contribution in [-0.4, -0.2) is 63.9 Å². The number of hydrogen-bond donors (Lipinski definition) is 1. The molecule has 0 aliphatic carbocycles. The fourth-order valence-corrected chi connectivity index (χ4v) is 4.78. The molecule has 1 N–H and O–H groups in total. The Morgan fingerprint density at radius 1 is 0.974 bits per heavy atom. The van der Waals surface area contributed by atoms with Gasteiger partial charge in [0.1, 0.15) is 12.6 Å². The second-order valence-corrected chi connectivity index (χ2v) is 8.93. The Morgan fingerprint density at radius 2 is 1.61 bits per heavy atom. The molecule has 2 heterocycles. The van der Waals surface area contributed by atoms with Gasteiger partial charge in [0.15, 0.2) is 0 Å². The highest BCUT2D eigenvalue weighted by Crippen LogP contribution is 2.34. The number of nitrogens with zero attached hydrogens (tertiary/aromatic N) is 3. The number of nitrogens with one attached hydrogen (secondary N) is 1. The van der Waals surface area contributed by atoms with E-state index in [1.807, 2.05) is 32.0 Å². The maximum atomic E-state index is 14.4. The fourth-order valence-electron chi connectivity index (χ4n) is 4.78. The molecule has 1 atom stereocenters. The second-order valence-electron chi connectivity index (χ2n) is 8.93. The molecule has 1 amide bonds. The summed E-state index contributed by atoms with van der Waals surface area (Å²) in [6.07, 6.45) is -2.37. The average Bonchev–Trinajstić information content (AvgIpc) is 3.43. The zero-order chi connectivity index (χ0) is 28.5. The van der Waals surface area contributed by atoms with Crippen molar-refractivity contribution in [3.05, 3.63) is 66.5 Å². The van der Waals surface area contributed by atoms with E-state index in [4.69, 9.17) is 4.79 Å². The Morgan fingerprint density at radius 3 is 2.13 bits per heavy atom. The molecule has 0 aromatic heterocycles. The first-order chi connectivity index (χ1) is 18.2. The van der Waals surface area contributed by atoms with Gasteiger partial charge in [-0.2, -0.15) is 13.2 Å². The lowest BCUT2D eigenvalue weighted by atomic mass is 10.1. The minimum atomic E-state index is -4.59. The molecule has 38 heavy (non-hydrogen) atoms. The van der Waals surface area contributed by atoms with Gasteiger partial charge in [-0.3, -0.25) is 4.79 Å². The monoisotopic (exact) mass is 536 g/mol. The Bertz CT molecular complexity index is 1070. The molecule has 6 nitrogen and oxygen atoms in total. The van der Waals surface area contributed by atoms with Crippen LogP contribution >= 0.6 is 0 Å². The number of piperazine rings is 1. The largest absolute Gasteiger partial charge is 0.416 e. The molecular weight excluding hydrogens is 500 g/mol. The van der Waals surface area contributed by atoms with Gasteiger partial charge in [0.25, 0.3) is 5.91 Å². The van der Waals surface area contributed by atoms with Crippen molar-refractivity contribution in [3.63, 3.8) is 0 Å². The molecule has 208 valence electrons. The van der Waals surface area contributed by atoms with Crippen molar-refractivity contribution >= 4 is 29.8 Å². The SMILES string of the molecule is C=C.C=O.CCC1CCN(c2ccc(NC)cc2C(=O)N2CCN(c3ccc(C(F)(F)F)cc3F)CC2)C1. The Hall–Kier alpha value is -3.56. The highest BCUT2D eigenvalue weighted by Gasteiger charge is 2.33. The second kappa shape index (κ2) is 13.8. The zero-order valence-corrected chi connectivity index (χ0v) is 22.0. The molecule has 2 aliphatic heterocycles. The lowest BCUT2D eigenvalue weighted by molar-refractivity contribution is -0.137. The van der Waals surface area contributed by atoms with E-state index < -0.39 is 17.6 Å². The van der Waals surface area contributed by atoms with E-state index in [1.54, 1.807) is 9.80 Å². The van der Waals surface area contributed by atoms with Crippen LogP contribution in [0.4, 0.5) is 34.6 Å². The number of halogens is 4. The molecule has 4 rings (SSSR count). The molecular formula is C28H36F4N4O2. The van der Waals surface area contributed by atoms with Gasteiger partial charge in [0.05, 0.1) is 16.8 Å². The Balaban J connectivity index is 0.00000121. The average molecular weight is 537 g/mol. The number of benzene rings is 2. The van der Waals surface area contributed by atoms with E-state index in [0.717, 1.165) is 43.4 Å². The normalized spacial score (nSPS) is 17.2. The summed E-state index contributed by atoms with van der Waals surface area (Å²) in [4.78, 5) is 27.2. The van der Waals surface area contributed by atoms with Gasteiger partial charge < -0.3 is 24.8 Å². The summed E-state index contributed by atoms with van der Waals surface area (Å²) in [5.74, 6) is -0.369. The summed E-state index contributed by atoms with van der Waals surface area (Å²) < 4.78 is 53.0. The minimum Gasteiger partial charge on any atom is -0.388 e. The third-order valence-electron chi connectivity index (χ3n) is 6.90. The molecule has 2 aromatic carbocycles. The molecule has 2 aromatic rings. The van der Waals surface area contributed by atoms with Gasteiger partial charge in [-0.25, -0.2) is 4.39 Å². The third-order valence-corrected chi connectivity index (χ3v) is 6.90. The van der Waals surface area contributed by atoms with Crippen LogP contribution in [0.5, 0.6) is 0 Å². The first-order valence-corrected chi connectivity index (χ1v) is 12.5. The van der Waals surface area contributed by atoms with E-state index >= 15 is 0 Å². The Kier molecular flexibility index (Phi) is 11.2. The third kappa shape index (κ3) is 7.05. The molecule has 2 fully saturated rings. The number of rotatable bonds is 5. The summed E-state index contributed by atoms with van der Waals surface area (Å²) >= 11 is 0. The predicted octanol–water partition coefficient (Wildman–Crippen LogP) is 5.70. The molecule has 10 heteroatoms. The lowest BCUT2D eigenvalue weighted by Gasteiger charge is -2.37. The van der Waals surface area contributed by atoms with E-state index in [1.165, 1.54) is 6.07 Å². The van der Waals surface area contributed by atoms with Crippen molar-refractivity contribution in [1.82, 2.24) is 4.90 Å². The highest BCUT2D eigenvalue weighted by atomic mass is 19.4. The number of anilines is 3. The number of amides is 1. The first-order valence-electron chi connectivity index (χ1n) is 12.5. The van der Waals surface area contributed by atoms with Crippen molar-refractivity contribution in [2.45, 2.75) is 25.9 Å². The van der Waals surface area contributed by atoms with Gasteiger partial charge in [-0.1, -0.05) is 13.3 Å². The molecule has 2 aliphatic rings. The zero-order valence-electron chi connectivity index (χ0n) is 22.0.